The predicted molar refractivity (Wildman–Crippen MR) is 86.4 cm³/mol. The Kier molecular flexibility index (Phi) is 7.12. The molecule has 5 nitrogen and oxygen atoms in total. The molecule has 1 heterocycles. The van der Waals surface area contributed by atoms with Crippen LogP contribution in [0.15, 0.2) is 12.4 Å². The van der Waals surface area contributed by atoms with E-state index in [9.17, 15) is 4.79 Å². The number of carbonyl (C=O) groups is 1. The highest BCUT2D eigenvalue weighted by molar-refractivity contribution is 5.92. The van der Waals surface area contributed by atoms with Gasteiger partial charge in [0.1, 0.15) is 11.5 Å². The first-order chi connectivity index (χ1) is 9.93. The molecule has 0 aromatic carbocycles. The highest BCUT2D eigenvalue weighted by atomic mass is 16.2. The number of rotatable bonds is 8. The Morgan fingerprint density at radius 2 is 1.81 bits per heavy atom. The number of carbonyl (C=O) groups excluding carboxylic acids is 1. The van der Waals surface area contributed by atoms with Crippen LogP contribution in [0.25, 0.3) is 0 Å². The molecule has 0 radical (unpaired) electrons. The SMILES string of the molecule is CCCNc1cncc(C(=O)N(CC(C)C)CC(C)C)n1. The molecule has 0 saturated carbocycles. The van der Waals surface area contributed by atoms with Gasteiger partial charge in [0, 0.05) is 19.6 Å². The van der Waals surface area contributed by atoms with Gasteiger partial charge >= 0.3 is 0 Å². The summed E-state index contributed by atoms with van der Waals surface area (Å²) >= 11 is 0. The zero-order valence-corrected chi connectivity index (χ0v) is 13.9. The van der Waals surface area contributed by atoms with Crippen LogP contribution in [0.4, 0.5) is 5.82 Å². The molecular formula is C16H28N4O. The molecule has 0 bridgehead atoms. The maximum absolute atomic E-state index is 12.6. The Labute approximate surface area is 128 Å². The molecule has 0 atom stereocenters. The quantitative estimate of drug-likeness (QED) is 0.800. The van der Waals surface area contributed by atoms with Crippen LogP contribution in [0.1, 0.15) is 51.5 Å². The lowest BCUT2D eigenvalue weighted by Crippen LogP contribution is -2.37. The smallest absolute Gasteiger partial charge is 0.274 e. The summed E-state index contributed by atoms with van der Waals surface area (Å²) in [6, 6.07) is 0. The summed E-state index contributed by atoms with van der Waals surface area (Å²) in [7, 11) is 0. The van der Waals surface area contributed by atoms with Crippen LogP contribution in [0.3, 0.4) is 0 Å². The standard InChI is InChI=1S/C16H28N4O/c1-6-7-18-15-9-17-8-14(19-15)16(21)20(10-12(2)3)11-13(4)5/h8-9,12-13H,6-7,10-11H2,1-5H3,(H,18,19). The van der Waals surface area contributed by atoms with Gasteiger partial charge in [0.15, 0.2) is 0 Å². The number of amides is 1. The summed E-state index contributed by atoms with van der Waals surface area (Å²) in [5, 5.41) is 3.17. The molecule has 1 aromatic rings. The van der Waals surface area contributed by atoms with Crippen LogP contribution >= 0.6 is 0 Å². The van der Waals surface area contributed by atoms with Crippen LogP contribution in [-0.4, -0.2) is 40.4 Å². The number of hydrogen-bond donors (Lipinski definition) is 1. The Bertz CT molecular complexity index is 436. The maximum atomic E-state index is 12.6. The van der Waals surface area contributed by atoms with E-state index in [-0.39, 0.29) is 5.91 Å². The van der Waals surface area contributed by atoms with Crippen molar-refractivity contribution >= 4 is 11.7 Å². The largest absolute Gasteiger partial charge is 0.369 e. The van der Waals surface area contributed by atoms with Gasteiger partial charge in [-0.25, -0.2) is 4.98 Å². The van der Waals surface area contributed by atoms with Crippen molar-refractivity contribution in [2.45, 2.75) is 41.0 Å². The molecule has 1 aromatic heterocycles. The molecule has 1 N–H and O–H groups in total. The summed E-state index contributed by atoms with van der Waals surface area (Å²) in [5.41, 5.74) is 0.414. The topological polar surface area (TPSA) is 58.1 Å². The summed E-state index contributed by atoms with van der Waals surface area (Å²) in [6.45, 7) is 12.9. The third-order valence-corrected chi connectivity index (χ3v) is 2.87. The second-order valence-corrected chi connectivity index (χ2v) is 6.21. The summed E-state index contributed by atoms with van der Waals surface area (Å²) in [4.78, 5) is 23.0. The minimum Gasteiger partial charge on any atom is -0.369 e. The van der Waals surface area contributed by atoms with Crippen molar-refractivity contribution in [3.63, 3.8) is 0 Å². The fourth-order valence-electron chi connectivity index (χ4n) is 2.09. The molecular weight excluding hydrogens is 264 g/mol. The molecule has 0 aliphatic carbocycles. The van der Waals surface area contributed by atoms with E-state index >= 15 is 0 Å². The van der Waals surface area contributed by atoms with Gasteiger partial charge in [-0.3, -0.25) is 9.78 Å². The average Bonchev–Trinajstić information content (AvgIpc) is 2.43. The highest BCUT2D eigenvalue weighted by Crippen LogP contribution is 2.10. The third-order valence-electron chi connectivity index (χ3n) is 2.87. The van der Waals surface area contributed by atoms with Crippen molar-refractivity contribution in [1.29, 1.82) is 0 Å². The number of nitrogens with zero attached hydrogens (tertiary/aromatic N) is 3. The lowest BCUT2D eigenvalue weighted by atomic mass is 10.1. The van der Waals surface area contributed by atoms with Crippen LogP contribution in [0, 0.1) is 11.8 Å². The van der Waals surface area contributed by atoms with E-state index in [0.29, 0.717) is 23.3 Å². The summed E-state index contributed by atoms with van der Waals surface area (Å²) in [6.07, 6.45) is 4.21. The Hall–Kier alpha value is -1.65. The summed E-state index contributed by atoms with van der Waals surface area (Å²) in [5.74, 6) is 1.49. The minimum absolute atomic E-state index is 0.0370. The molecule has 0 saturated heterocycles. The van der Waals surface area contributed by atoms with Crippen LogP contribution in [0.2, 0.25) is 0 Å². The van der Waals surface area contributed by atoms with Gasteiger partial charge in [-0.05, 0) is 18.3 Å². The average molecular weight is 292 g/mol. The van der Waals surface area contributed by atoms with Gasteiger partial charge in [0.25, 0.3) is 5.91 Å². The number of hydrogen-bond acceptors (Lipinski definition) is 4. The van der Waals surface area contributed by atoms with Crippen molar-refractivity contribution in [3.05, 3.63) is 18.1 Å². The summed E-state index contributed by atoms with van der Waals surface area (Å²) < 4.78 is 0. The molecule has 1 rings (SSSR count). The third kappa shape index (κ3) is 6.10. The van der Waals surface area contributed by atoms with Crippen molar-refractivity contribution in [2.75, 3.05) is 25.0 Å². The van der Waals surface area contributed by atoms with E-state index in [2.05, 4.69) is 49.9 Å². The first-order valence-electron chi connectivity index (χ1n) is 7.79. The van der Waals surface area contributed by atoms with Crippen LogP contribution in [-0.2, 0) is 0 Å². The lowest BCUT2D eigenvalue weighted by Gasteiger charge is -2.26. The number of nitrogens with one attached hydrogen (secondary N) is 1. The van der Waals surface area contributed by atoms with E-state index in [1.54, 1.807) is 12.4 Å². The van der Waals surface area contributed by atoms with E-state index in [0.717, 1.165) is 26.1 Å². The second-order valence-electron chi connectivity index (χ2n) is 6.21. The van der Waals surface area contributed by atoms with Crippen LogP contribution in [0.5, 0.6) is 0 Å². The number of aromatic nitrogens is 2. The van der Waals surface area contributed by atoms with Gasteiger partial charge in [0.2, 0.25) is 0 Å². The minimum atomic E-state index is -0.0370. The Morgan fingerprint density at radius 1 is 1.19 bits per heavy atom. The molecule has 0 fully saturated rings. The van der Waals surface area contributed by atoms with Gasteiger partial charge in [-0.1, -0.05) is 34.6 Å². The normalized spacial score (nSPS) is 11.0. The number of anilines is 1. The molecule has 5 heteroatoms. The zero-order chi connectivity index (χ0) is 15.8. The van der Waals surface area contributed by atoms with E-state index in [1.165, 1.54) is 0 Å². The van der Waals surface area contributed by atoms with Crippen LogP contribution < -0.4 is 5.32 Å². The van der Waals surface area contributed by atoms with Gasteiger partial charge in [0.05, 0.1) is 12.4 Å². The Morgan fingerprint density at radius 3 is 2.33 bits per heavy atom. The van der Waals surface area contributed by atoms with Gasteiger partial charge in [-0.15, -0.1) is 0 Å². The first kappa shape index (κ1) is 17.4. The van der Waals surface area contributed by atoms with Crippen molar-refractivity contribution in [2.24, 2.45) is 11.8 Å². The fraction of sp³-hybridized carbons (Fsp3) is 0.688. The molecule has 0 aliphatic heterocycles. The fourth-order valence-corrected chi connectivity index (χ4v) is 2.09. The first-order valence-corrected chi connectivity index (χ1v) is 7.79. The maximum Gasteiger partial charge on any atom is 0.274 e. The lowest BCUT2D eigenvalue weighted by molar-refractivity contribution is 0.0709. The molecule has 0 aliphatic rings. The van der Waals surface area contributed by atoms with Gasteiger partial charge in [-0.2, -0.15) is 0 Å². The molecule has 1 amide bonds. The monoisotopic (exact) mass is 292 g/mol. The van der Waals surface area contributed by atoms with E-state index < -0.39 is 0 Å². The Balaban J connectivity index is 2.86. The van der Waals surface area contributed by atoms with Crippen molar-refractivity contribution < 1.29 is 4.79 Å². The van der Waals surface area contributed by atoms with Gasteiger partial charge < -0.3 is 10.2 Å². The molecule has 0 spiro atoms. The predicted octanol–water partition coefficient (Wildman–Crippen LogP) is 3.05. The highest BCUT2D eigenvalue weighted by Gasteiger charge is 2.19. The van der Waals surface area contributed by atoms with Crippen molar-refractivity contribution in [3.8, 4) is 0 Å². The second kappa shape index (κ2) is 8.60. The molecule has 0 unspecified atom stereocenters. The zero-order valence-electron chi connectivity index (χ0n) is 13.9. The van der Waals surface area contributed by atoms with E-state index in [4.69, 9.17) is 0 Å². The van der Waals surface area contributed by atoms with E-state index in [1.807, 2.05) is 4.90 Å². The molecule has 118 valence electrons. The molecule has 21 heavy (non-hydrogen) atoms. The van der Waals surface area contributed by atoms with Crippen molar-refractivity contribution in [1.82, 2.24) is 14.9 Å².